The molecule has 0 radical (unpaired) electrons. The van der Waals surface area contributed by atoms with Crippen molar-refractivity contribution in [3.8, 4) is 5.69 Å². The first-order valence-corrected chi connectivity index (χ1v) is 10.1. The first-order valence-electron chi connectivity index (χ1n) is 8.68. The molecule has 1 aliphatic rings. The Kier molecular flexibility index (Phi) is 4.73. The number of nitrogens with two attached hydrogens (primary N) is 1. The highest BCUT2D eigenvalue weighted by atomic mass is 32.2. The van der Waals surface area contributed by atoms with Crippen LogP contribution in [0.2, 0.25) is 0 Å². The zero-order chi connectivity index (χ0) is 18.9. The Hall–Kier alpha value is -2.62. The van der Waals surface area contributed by atoms with Crippen LogP contribution in [-0.2, 0) is 10.0 Å². The largest absolute Gasteiger partial charge is 0.330 e. The standard InChI is InChI=1S/C18H20N6O2S/c19-10-15-11-23(12-18(15)14-5-2-1-3-6-14)27(25,26)17-8-4-7-16(9-17)24-13-20-21-22-24/h1-9,13,15,18H,10-12,19H2/t15-,18+/m1/s1. The minimum absolute atomic E-state index is 0.0878. The molecule has 2 atom stereocenters. The first-order chi connectivity index (χ1) is 13.1. The van der Waals surface area contributed by atoms with Gasteiger partial charge in [0.25, 0.3) is 0 Å². The van der Waals surface area contributed by atoms with Gasteiger partial charge in [-0.25, -0.2) is 13.1 Å². The maximum absolute atomic E-state index is 13.2. The first kappa shape index (κ1) is 17.8. The van der Waals surface area contributed by atoms with Crippen LogP contribution in [0.3, 0.4) is 0 Å². The number of sulfonamides is 1. The monoisotopic (exact) mass is 384 g/mol. The van der Waals surface area contributed by atoms with Gasteiger partial charge in [0.15, 0.2) is 0 Å². The van der Waals surface area contributed by atoms with Gasteiger partial charge in [0.2, 0.25) is 10.0 Å². The van der Waals surface area contributed by atoms with Crippen molar-refractivity contribution in [1.82, 2.24) is 24.5 Å². The minimum atomic E-state index is -3.64. The Labute approximate surface area is 157 Å². The summed E-state index contributed by atoms with van der Waals surface area (Å²) in [4.78, 5) is 0.222. The fourth-order valence-electron chi connectivity index (χ4n) is 3.56. The topological polar surface area (TPSA) is 107 Å². The van der Waals surface area contributed by atoms with E-state index >= 15 is 0 Å². The number of benzene rings is 2. The van der Waals surface area contributed by atoms with Crippen molar-refractivity contribution in [2.24, 2.45) is 11.7 Å². The fraction of sp³-hybridized carbons (Fsp3) is 0.278. The quantitative estimate of drug-likeness (QED) is 0.704. The number of hydrogen-bond acceptors (Lipinski definition) is 6. The molecule has 1 saturated heterocycles. The van der Waals surface area contributed by atoms with Crippen molar-refractivity contribution in [2.75, 3.05) is 19.6 Å². The average Bonchev–Trinajstić information content (AvgIpc) is 3.39. The summed E-state index contributed by atoms with van der Waals surface area (Å²) < 4.78 is 29.4. The molecule has 9 heteroatoms. The molecule has 0 aliphatic carbocycles. The van der Waals surface area contributed by atoms with Gasteiger partial charge in [-0.1, -0.05) is 36.4 Å². The van der Waals surface area contributed by atoms with E-state index in [1.165, 1.54) is 15.3 Å². The Morgan fingerprint density at radius 3 is 2.59 bits per heavy atom. The van der Waals surface area contributed by atoms with Gasteiger partial charge in [0.05, 0.1) is 10.6 Å². The normalized spacial score (nSPS) is 20.8. The third kappa shape index (κ3) is 3.36. The van der Waals surface area contributed by atoms with E-state index in [1.54, 1.807) is 24.3 Å². The molecule has 2 aromatic carbocycles. The van der Waals surface area contributed by atoms with Crippen molar-refractivity contribution in [3.05, 3.63) is 66.5 Å². The summed E-state index contributed by atoms with van der Waals surface area (Å²) in [5.41, 5.74) is 7.66. The Balaban J connectivity index is 1.64. The van der Waals surface area contributed by atoms with E-state index in [0.29, 0.717) is 25.3 Å². The second-order valence-electron chi connectivity index (χ2n) is 6.59. The van der Waals surface area contributed by atoms with E-state index < -0.39 is 10.0 Å². The number of aromatic nitrogens is 4. The van der Waals surface area contributed by atoms with Gasteiger partial charge in [-0.2, -0.15) is 4.31 Å². The molecule has 2 heterocycles. The fourth-order valence-corrected chi connectivity index (χ4v) is 5.12. The summed E-state index contributed by atoms with van der Waals surface area (Å²) in [5, 5.41) is 11.0. The van der Waals surface area contributed by atoms with Crippen LogP contribution in [-0.4, -0.2) is 52.6 Å². The van der Waals surface area contributed by atoms with Gasteiger partial charge in [-0.05, 0) is 46.7 Å². The molecular formula is C18H20N6O2S. The van der Waals surface area contributed by atoms with Crippen LogP contribution in [0.15, 0.2) is 65.8 Å². The Morgan fingerprint density at radius 2 is 1.89 bits per heavy atom. The highest BCUT2D eigenvalue weighted by molar-refractivity contribution is 7.89. The van der Waals surface area contributed by atoms with E-state index in [9.17, 15) is 8.42 Å². The van der Waals surface area contributed by atoms with Crippen molar-refractivity contribution >= 4 is 10.0 Å². The van der Waals surface area contributed by atoms with Gasteiger partial charge >= 0.3 is 0 Å². The van der Waals surface area contributed by atoms with Crippen molar-refractivity contribution in [3.63, 3.8) is 0 Å². The average molecular weight is 384 g/mol. The van der Waals surface area contributed by atoms with E-state index in [0.717, 1.165) is 5.56 Å². The summed E-state index contributed by atoms with van der Waals surface area (Å²) in [6.07, 6.45) is 1.43. The zero-order valence-electron chi connectivity index (χ0n) is 14.6. The van der Waals surface area contributed by atoms with Crippen molar-refractivity contribution in [1.29, 1.82) is 0 Å². The molecule has 1 aromatic heterocycles. The SMILES string of the molecule is NC[C@@H]1CN(S(=O)(=O)c2cccc(-n3cnnn3)c2)C[C@H]1c1ccccc1. The van der Waals surface area contributed by atoms with Crippen molar-refractivity contribution in [2.45, 2.75) is 10.8 Å². The molecule has 1 aliphatic heterocycles. The van der Waals surface area contributed by atoms with Crippen LogP contribution < -0.4 is 5.73 Å². The Morgan fingerprint density at radius 1 is 1.07 bits per heavy atom. The summed E-state index contributed by atoms with van der Waals surface area (Å²) in [5.74, 6) is 0.179. The second kappa shape index (κ2) is 7.18. The smallest absolute Gasteiger partial charge is 0.243 e. The molecular weight excluding hydrogens is 364 g/mol. The van der Waals surface area contributed by atoms with E-state index in [1.807, 2.05) is 30.3 Å². The van der Waals surface area contributed by atoms with Crippen LogP contribution in [0.4, 0.5) is 0 Å². The third-order valence-corrected chi connectivity index (χ3v) is 6.83. The third-order valence-electron chi connectivity index (χ3n) is 5.01. The number of rotatable bonds is 5. The molecule has 0 saturated carbocycles. The lowest BCUT2D eigenvalue weighted by molar-refractivity contribution is 0.459. The van der Waals surface area contributed by atoms with E-state index in [-0.39, 0.29) is 16.7 Å². The second-order valence-corrected chi connectivity index (χ2v) is 8.52. The van der Waals surface area contributed by atoms with Crippen LogP contribution in [0.25, 0.3) is 5.69 Å². The maximum atomic E-state index is 13.2. The van der Waals surface area contributed by atoms with Crippen LogP contribution in [0, 0.1) is 5.92 Å². The Bertz CT molecular complexity index is 1010. The van der Waals surface area contributed by atoms with Crippen molar-refractivity contribution < 1.29 is 8.42 Å². The van der Waals surface area contributed by atoms with E-state index in [2.05, 4.69) is 15.5 Å². The zero-order valence-corrected chi connectivity index (χ0v) is 15.4. The predicted octanol–water partition coefficient (Wildman–Crippen LogP) is 1.03. The highest BCUT2D eigenvalue weighted by Gasteiger charge is 2.39. The van der Waals surface area contributed by atoms with Gasteiger partial charge in [0, 0.05) is 19.0 Å². The molecule has 4 rings (SSSR count). The molecule has 1 fully saturated rings. The lowest BCUT2D eigenvalue weighted by atomic mass is 9.89. The molecule has 8 nitrogen and oxygen atoms in total. The van der Waals surface area contributed by atoms with Gasteiger partial charge in [-0.3, -0.25) is 0 Å². The maximum Gasteiger partial charge on any atom is 0.243 e. The lowest BCUT2D eigenvalue weighted by Gasteiger charge is -2.17. The molecule has 140 valence electrons. The molecule has 27 heavy (non-hydrogen) atoms. The molecule has 0 unspecified atom stereocenters. The molecule has 0 bridgehead atoms. The van der Waals surface area contributed by atoms with Crippen LogP contribution in [0.5, 0.6) is 0 Å². The minimum Gasteiger partial charge on any atom is -0.330 e. The van der Waals surface area contributed by atoms with Gasteiger partial charge in [-0.15, -0.1) is 5.10 Å². The molecule has 0 spiro atoms. The summed E-state index contributed by atoms with van der Waals surface area (Å²) in [7, 11) is -3.64. The summed E-state index contributed by atoms with van der Waals surface area (Å²) in [6.45, 7) is 1.27. The lowest BCUT2D eigenvalue weighted by Crippen LogP contribution is -2.30. The number of hydrogen-bond donors (Lipinski definition) is 1. The number of tetrazole rings is 1. The van der Waals surface area contributed by atoms with Gasteiger partial charge in [0.1, 0.15) is 6.33 Å². The molecule has 2 N–H and O–H groups in total. The van der Waals surface area contributed by atoms with E-state index in [4.69, 9.17) is 5.73 Å². The number of nitrogens with zero attached hydrogens (tertiary/aromatic N) is 5. The van der Waals surface area contributed by atoms with Crippen LogP contribution >= 0.6 is 0 Å². The van der Waals surface area contributed by atoms with Gasteiger partial charge < -0.3 is 5.73 Å². The predicted molar refractivity (Wildman–Crippen MR) is 99.6 cm³/mol. The summed E-state index contributed by atoms with van der Waals surface area (Å²) in [6, 6.07) is 16.6. The highest BCUT2D eigenvalue weighted by Crippen LogP contribution is 2.35. The molecule has 0 amide bonds. The summed E-state index contributed by atoms with van der Waals surface area (Å²) >= 11 is 0. The van der Waals surface area contributed by atoms with Crippen LogP contribution in [0.1, 0.15) is 11.5 Å². The molecule has 3 aromatic rings.